The van der Waals surface area contributed by atoms with Crippen molar-refractivity contribution in [1.29, 1.82) is 0 Å². The largest absolute Gasteiger partial charge is 0.296 e. The smallest absolute Gasteiger partial charge is 0.256 e. The number of aromatic amines is 1. The van der Waals surface area contributed by atoms with Crippen LogP contribution in [0.2, 0.25) is 0 Å². The van der Waals surface area contributed by atoms with Crippen LogP contribution in [-0.2, 0) is 6.42 Å². The van der Waals surface area contributed by atoms with Gasteiger partial charge in [0.1, 0.15) is 17.2 Å². The molecular weight excluding hydrogens is 352 g/mol. The molecular formula is C16H10F4N6. The van der Waals surface area contributed by atoms with E-state index in [0.717, 1.165) is 18.2 Å². The van der Waals surface area contributed by atoms with Gasteiger partial charge in [-0.25, -0.2) is 17.6 Å². The van der Waals surface area contributed by atoms with Gasteiger partial charge < -0.3 is 0 Å². The number of nitrogens with zero attached hydrogens (tertiary/aromatic N) is 5. The van der Waals surface area contributed by atoms with Crippen molar-refractivity contribution in [2.24, 2.45) is 0 Å². The van der Waals surface area contributed by atoms with E-state index in [2.05, 4.69) is 25.3 Å². The van der Waals surface area contributed by atoms with Gasteiger partial charge in [0.2, 0.25) is 0 Å². The Morgan fingerprint density at radius 1 is 1.15 bits per heavy atom. The Hall–Kier alpha value is -3.30. The number of pyridine rings is 1. The number of fused-ring (bicyclic) bond motifs is 1. The van der Waals surface area contributed by atoms with Gasteiger partial charge in [0.25, 0.3) is 12.4 Å². The molecule has 6 nitrogen and oxygen atoms in total. The summed E-state index contributed by atoms with van der Waals surface area (Å²) in [6.45, 7) is 0. The molecule has 0 unspecified atom stereocenters. The van der Waals surface area contributed by atoms with E-state index >= 15 is 0 Å². The van der Waals surface area contributed by atoms with Crippen molar-refractivity contribution in [2.45, 2.75) is 12.8 Å². The molecule has 10 heteroatoms. The predicted molar refractivity (Wildman–Crippen MR) is 82.9 cm³/mol. The molecule has 0 aliphatic heterocycles. The highest BCUT2D eigenvalue weighted by Gasteiger charge is 2.19. The Balaban J connectivity index is 1.82. The molecule has 0 saturated heterocycles. The molecule has 0 saturated carbocycles. The highest BCUT2D eigenvalue weighted by molar-refractivity contribution is 5.79. The zero-order chi connectivity index (χ0) is 18.3. The predicted octanol–water partition coefficient (Wildman–Crippen LogP) is 3.35. The molecule has 0 aliphatic rings. The lowest BCUT2D eigenvalue weighted by atomic mass is 10.1. The molecule has 4 rings (SSSR count). The van der Waals surface area contributed by atoms with E-state index in [1.807, 2.05) is 0 Å². The summed E-state index contributed by atoms with van der Waals surface area (Å²) < 4.78 is 54.0. The van der Waals surface area contributed by atoms with Crippen molar-refractivity contribution < 1.29 is 17.6 Å². The lowest BCUT2D eigenvalue weighted by molar-refractivity contribution is 0.141. The molecule has 0 amide bonds. The first kappa shape index (κ1) is 16.2. The Morgan fingerprint density at radius 2 is 2.00 bits per heavy atom. The van der Waals surface area contributed by atoms with Gasteiger partial charge in [-0.2, -0.15) is 14.8 Å². The van der Waals surface area contributed by atoms with Crippen LogP contribution in [0, 0.1) is 11.6 Å². The van der Waals surface area contributed by atoms with Gasteiger partial charge in [-0.1, -0.05) is 0 Å². The summed E-state index contributed by atoms with van der Waals surface area (Å²) in [6, 6.07) is 6.41. The van der Waals surface area contributed by atoms with E-state index in [0.29, 0.717) is 16.7 Å². The van der Waals surface area contributed by atoms with Gasteiger partial charge in [-0.05, 0) is 35.9 Å². The van der Waals surface area contributed by atoms with Gasteiger partial charge >= 0.3 is 0 Å². The Kier molecular flexibility index (Phi) is 3.86. The van der Waals surface area contributed by atoms with Crippen molar-refractivity contribution in [3.63, 3.8) is 0 Å². The molecule has 3 heterocycles. The summed E-state index contributed by atoms with van der Waals surface area (Å²) in [5, 5.41) is 10.1. The van der Waals surface area contributed by atoms with E-state index in [4.69, 9.17) is 0 Å². The van der Waals surface area contributed by atoms with E-state index in [1.165, 1.54) is 10.9 Å². The van der Waals surface area contributed by atoms with Crippen LogP contribution in [0.3, 0.4) is 0 Å². The molecule has 0 fully saturated rings. The topological polar surface area (TPSA) is 72.3 Å². The third-order valence-electron chi connectivity index (χ3n) is 3.76. The number of hydrogen-bond acceptors (Lipinski definition) is 4. The number of benzene rings is 1. The number of aromatic nitrogens is 6. The summed E-state index contributed by atoms with van der Waals surface area (Å²) in [6.07, 6.45) is -1.32. The minimum Gasteiger partial charge on any atom is -0.256 e. The molecule has 0 aliphatic carbocycles. The van der Waals surface area contributed by atoms with Crippen molar-refractivity contribution >= 4 is 11.0 Å². The quantitative estimate of drug-likeness (QED) is 0.565. The molecule has 0 bridgehead atoms. The highest BCUT2D eigenvalue weighted by Crippen LogP contribution is 2.23. The van der Waals surface area contributed by atoms with Gasteiger partial charge in [-0.15, -0.1) is 5.10 Å². The standard InChI is InChI=1S/C16H10F4N6/c17-9-3-4-10(18)8(6-9)7-11-13-12(2-1-5-21-13)26(25-11)16-22-15(14(19)20)23-24-16/h1-6,14H,7H2,(H,22,23,24). The lowest BCUT2D eigenvalue weighted by Gasteiger charge is -2.01. The van der Waals surface area contributed by atoms with Crippen LogP contribution in [0.5, 0.6) is 0 Å². The zero-order valence-electron chi connectivity index (χ0n) is 13.0. The first-order valence-electron chi connectivity index (χ1n) is 7.50. The maximum Gasteiger partial charge on any atom is 0.296 e. The molecule has 1 aromatic carbocycles. The maximum absolute atomic E-state index is 13.9. The Labute approximate surface area is 143 Å². The van der Waals surface area contributed by atoms with E-state index in [-0.39, 0.29) is 17.9 Å². The summed E-state index contributed by atoms with van der Waals surface area (Å²) in [4.78, 5) is 7.91. The Bertz CT molecular complexity index is 1090. The third kappa shape index (κ3) is 2.79. The van der Waals surface area contributed by atoms with E-state index in [1.54, 1.807) is 12.1 Å². The fraction of sp³-hybridized carbons (Fsp3) is 0.125. The fourth-order valence-corrected chi connectivity index (χ4v) is 2.60. The molecule has 4 aromatic rings. The second-order valence-electron chi connectivity index (χ2n) is 5.46. The Morgan fingerprint density at radius 3 is 2.77 bits per heavy atom. The number of alkyl halides is 2. The number of hydrogen-bond donors (Lipinski definition) is 1. The molecule has 26 heavy (non-hydrogen) atoms. The highest BCUT2D eigenvalue weighted by atomic mass is 19.3. The van der Waals surface area contributed by atoms with Crippen molar-refractivity contribution in [2.75, 3.05) is 0 Å². The van der Waals surface area contributed by atoms with Crippen LogP contribution in [0.4, 0.5) is 17.6 Å². The fourth-order valence-electron chi connectivity index (χ4n) is 2.60. The number of rotatable bonds is 4. The molecule has 0 spiro atoms. The summed E-state index contributed by atoms with van der Waals surface area (Å²) >= 11 is 0. The SMILES string of the molecule is Fc1ccc(F)c(Cc2nn(-c3n[nH]c(C(F)F)n3)c3cccnc23)c1. The number of nitrogens with one attached hydrogen (secondary N) is 1. The molecule has 3 aromatic heterocycles. The minimum atomic E-state index is -2.81. The second kappa shape index (κ2) is 6.21. The summed E-state index contributed by atoms with van der Waals surface area (Å²) in [5.74, 6) is -1.84. The molecule has 132 valence electrons. The average Bonchev–Trinajstić information content (AvgIpc) is 3.24. The first-order chi connectivity index (χ1) is 12.5. The normalized spacial score (nSPS) is 11.6. The maximum atomic E-state index is 13.9. The summed E-state index contributed by atoms with van der Waals surface area (Å²) in [5.41, 5.74) is 1.32. The van der Waals surface area contributed by atoms with Crippen LogP contribution in [-0.4, -0.2) is 29.9 Å². The second-order valence-corrected chi connectivity index (χ2v) is 5.46. The number of H-pyrrole nitrogens is 1. The zero-order valence-corrected chi connectivity index (χ0v) is 13.0. The van der Waals surface area contributed by atoms with Crippen molar-refractivity contribution in [3.8, 4) is 5.95 Å². The molecule has 0 radical (unpaired) electrons. The minimum absolute atomic E-state index is 0.0315. The van der Waals surface area contributed by atoms with Crippen molar-refractivity contribution in [1.82, 2.24) is 29.9 Å². The van der Waals surface area contributed by atoms with Crippen LogP contribution >= 0.6 is 0 Å². The van der Waals surface area contributed by atoms with Gasteiger partial charge in [0.05, 0.1) is 11.2 Å². The monoisotopic (exact) mass is 362 g/mol. The molecule has 0 atom stereocenters. The number of halogens is 4. The van der Waals surface area contributed by atoms with Crippen molar-refractivity contribution in [3.05, 3.63) is 65.2 Å². The average molecular weight is 362 g/mol. The van der Waals surface area contributed by atoms with Gasteiger partial charge in [-0.3, -0.25) is 10.1 Å². The summed E-state index contributed by atoms with van der Waals surface area (Å²) in [7, 11) is 0. The van der Waals surface area contributed by atoms with Crippen LogP contribution in [0.25, 0.3) is 17.0 Å². The van der Waals surface area contributed by atoms with Gasteiger partial charge in [0.15, 0.2) is 5.82 Å². The molecule has 1 N–H and O–H groups in total. The lowest BCUT2D eigenvalue weighted by Crippen LogP contribution is -2.01. The van der Waals surface area contributed by atoms with Crippen LogP contribution < -0.4 is 0 Å². The third-order valence-corrected chi connectivity index (χ3v) is 3.76. The van der Waals surface area contributed by atoms with Gasteiger partial charge in [0, 0.05) is 12.6 Å². The van der Waals surface area contributed by atoms with Crippen LogP contribution in [0.1, 0.15) is 23.5 Å². The first-order valence-corrected chi connectivity index (χ1v) is 7.50. The van der Waals surface area contributed by atoms with E-state index < -0.39 is 23.9 Å². The van der Waals surface area contributed by atoms with Crippen LogP contribution in [0.15, 0.2) is 36.5 Å². The van der Waals surface area contributed by atoms with E-state index in [9.17, 15) is 17.6 Å².